The summed E-state index contributed by atoms with van der Waals surface area (Å²) in [5.74, 6) is 1.77. The second-order valence-electron chi connectivity index (χ2n) is 10.3. The number of carbonyl (C=O) groups is 1. The molecule has 3 heterocycles. The fraction of sp³-hybridized carbons (Fsp3) is 0.414. The molecular formula is C29H33N7O. The summed E-state index contributed by atoms with van der Waals surface area (Å²) in [5, 5.41) is 15.7. The van der Waals surface area contributed by atoms with Gasteiger partial charge in [0.2, 0.25) is 5.82 Å². The van der Waals surface area contributed by atoms with Crippen LogP contribution in [0.3, 0.4) is 0 Å². The number of unbranched alkanes of at least 4 members (excludes halogenated alkanes) is 3. The normalized spacial score (nSPS) is 16.8. The molecule has 8 nitrogen and oxygen atoms in total. The Morgan fingerprint density at radius 3 is 2.70 bits per heavy atom. The van der Waals surface area contributed by atoms with E-state index in [1.165, 1.54) is 19.3 Å². The van der Waals surface area contributed by atoms with Gasteiger partial charge in [-0.3, -0.25) is 14.7 Å². The summed E-state index contributed by atoms with van der Waals surface area (Å²) in [4.78, 5) is 20.7. The number of aromatic amines is 1. The molecule has 6 rings (SSSR count). The van der Waals surface area contributed by atoms with E-state index in [2.05, 4.69) is 68.6 Å². The lowest BCUT2D eigenvalue weighted by Crippen LogP contribution is -2.40. The van der Waals surface area contributed by atoms with E-state index >= 15 is 0 Å². The highest BCUT2D eigenvalue weighted by atomic mass is 16.2. The summed E-state index contributed by atoms with van der Waals surface area (Å²) in [6.07, 6.45) is 11.7. The molecule has 8 heteroatoms. The molecular weight excluding hydrogens is 462 g/mol. The van der Waals surface area contributed by atoms with Crippen LogP contribution in [0.25, 0.3) is 28.0 Å². The highest BCUT2D eigenvalue weighted by molar-refractivity contribution is 6.08. The first kappa shape index (κ1) is 23.6. The zero-order valence-electron chi connectivity index (χ0n) is 21.4. The van der Waals surface area contributed by atoms with Crippen LogP contribution in [0.4, 0.5) is 0 Å². The van der Waals surface area contributed by atoms with E-state index in [4.69, 9.17) is 4.99 Å². The maximum absolute atomic E-state index is 13.6. The zero-order valence-corrected chi connectivity index (χ0v) is 21.4. The number of benzene rings is 2. The number of nitrogens with zero attached hydrogens (tertiary/aromatic N) is 6. The van der Waals surface area contributed by atoms with Gasteiger partial charge >= 0.3 is 0 Å². The van der Waals surface area contributed by atoms with Crippen LogP contribution >= 0.6 is 0 Å². The third-order valence-electron chi connectivity index (χ3n) is 7.83. The number of hydrogen-bond acceptors (Lipinski definition) is 5. The van der Waals surface area contributed by atoms with Gasteiger partial charge in [-0.2, -0.15) is 5.21 Å². The molecule has 1 aliphatic heterocycles. The van der Waals surface area contributed by atoms with Crippen LogP contribution in [0.15, 0.2) is 59.7 Å². The summed E-state index contributed by atoms with van der Waals surface area (Å²) in [6, 6.07) is 16.6. The number of carbonyl (C=O) groups excluding carboxylic acids is 1. The Kier molecular flexibility index (Phi) is 6.32. The Hall–Kier alpha value is -3.81. The van der Waals surface area contributed by atoms with Crippen molar-refractivity contribution in [2.24, 2.45) is 4.99 Å². The molecule has 0 bridgehead atoms. The Bertz CT molecular complexity index is 1430. The van der Waals surface area contributed by atoms with Gasteiger partial charge in [-0.05, 0) is 60.4 Å². The number of hydrogen-bond donors (Lipinski definition) is 1. The van der Waals surface area contributed by atoms with E-state index < -0.39 is 5.54 Å². The zero-order chi connectivity index (χ0) is 25.2. The molecule has 0 atom stereocenters. The second-order valence-corrected chi connectivity index (χ2v) is 10.3. The van der Waals surface area contributed by atoms with Crippen molar-refractivity contribution < 1.29 is 4.79 Å². The smallest absolute Gasteiger partial charge is 0.256 e. The maximum Gasteiger partial charge on any atom is 0.256 e. The first-order chi connectivity index (χ1) is 18.2. The topological polar surface area (TPSA) is 92.1 Å². The van der Waals surface area contributed by atoms with Gasteiger partial charge in [0.15, 0.2) is 0 Å². The summed E-state index contributed by atoms with van der Waals surface area (Å²) >= 11 is 0. The van der Waals surface area contributed by atoms with Crippen molar-refractivity contribution in [3.05, 3.63) is 60.3 Å². The number of fused-ring (bicyclic) bond motifs is 1. The monoisotopic (exact) mass is 495 g/mol. The van der Waals surface area contributed by atoms with Crippen molar-refractivity contribution in [3.63, 3.8) is 0 Å². The second kappa shape index (κ2) is 9.92. The van der Waals surface area contributed by atoms with E-state index in [1.807, 2.05) is 23.1 Å². The minimum absolute atomic E-state index is 0.210. The highest BCUT2D eigenvalue weighted by Gasteiger charge is 2.49. The summed E-state index contributed by atoms with van der Waals surface area (Å²) in [6.45, 7) is 2.80. The van der Waals surface area contributed by atoms with Crippen molar-refractivity contribution in [2.45, 2.75) is 76.8 Å². The number of para-hydroxylation sites is 1. The van der Waals surface area contributed by atoms with E-state index in [0.29, 0.717) is 12.4 Å². The van der Waals surface area contributed by atoms with Gasteiger partial charge < -0.3 is 4.57 Å². The first-order valence-corrected chi connectivity index (χ1v) is 13.5. The van der Waals surface area contributed by atoms with Crippen LogP contribution in [-0.4, -0.2) is 47.4 Å². The van der Waals surface area contributed by atoms with Gasteiger partial charge in [0.05, 0.1) is 17.7 Å². The minimum Gasteiger partial charge on any atom is -0.316 e. The fourth-order valence-electron chi connectivity index (χ4n) is 5.90. The van der Waals surface area contributed by atoms with Crippen LogP contribution < -0.4 is 0 Å². The molecule has 1 aliphatic carbocycles. The number of aromatic nitrogens is 5. The van der Waals surface area contributed by atoms with Crippen molar-refractivity contribution in [2.75, 3.05) is 0 Å². The van der Waals surface area contributed by atoms with Gasteiger partial charge in [0, 0.05) is 23.6 Å². The van der Waals surface area contributed by atoms with Crippen LogP contribution in [0.2, 0.25) is 0 Å². The molecule has 2 aromatic heterocycles. The molecule has 1 N–H and O–H groups in total. The van der Waals surface area contributed by atoms with Crippen molar-refractivity contribution in [1.82, 2.24) is 30.1 Å². The fourth-order valence-corrected chi connectivity index (χ4v) is 5.90. The number of aliphatic imine (C=N–C) groups is 1. The third kappa shape index (κ3) is 4.34. The van der Waals surface area contributed by atoms with Crippen molar-refractivity contribution >= 4 is 22.6 Å². The third-order valence-corrected chi connectivity index (χ3v) is 7.83. The minimum atomic E-state index is -0.494. The predicted molar refractivity (Wildman–Crippen MR) is 144 cm³/mol. The summed E-state index contributed by atoms with van der Waals surface area (Å²) in [7, 11) is 0. The molecule has 37 heavy (non-hydrogen) atoms. The molecule has 0 saturated heterocycles. The standard InChI is InChI=1S/C29H33N7O/c1-2-3-4-5-12-26-30-29(16-8-9-17-29)28(37)36(26)20-21-13-14-24-22(19-21)15-18-35(24)25-11-7-6-10-23(25)27-31-33-34-32-27/h6-7,10-11,13-15,18-19H,2-5,8-9,12,16-17,20H2,1H3,(H,31,32,33,34). The molecule has 0 unspecified atom stereocenters. The summed E-state index contributed by atoms with van der Waals surface area (Å²) < 4.78 is 2.15. The average Bonchev–Trinajstić information content (AvgIpc) is 3.73. The van der Waals surface area contributed by atoms with Gasteiger partial charge in [0.1, 0.15) is 11.4 Å². The molecule has 2 aromatic carbocycles. The van der Waals surface area contributed by atoms with Crippen LogP contribution in [0, 0.1) is 0 Å². The van der Waals surface area contributed by atoms with Crippen LogP contribution in [0.5, 0.6) is 0 Å². The van der Waals surface area contributed by atoms with Gasteiger partial charge in [-0.15, -0.1) is 10.2 Å². The first-order valence-electron chi connectivity index (χ1n) is 13.5. The van der Waals surface area contributed by atoms with Crippen molar-refractivity contribution in [1.29, 1.82) is 0 Å². The molecule has 4 aromatic rings. The molecule has 1 spiro atoms. The molecule has 0 radical (unpaired) electrons. The molecule has 1 amide bonds. The number of amides is 1. The Morgan fingerprint density at radius 2 is 1.89 bits per heavy atom. The Labute approximate surface area is 216 Å². The molecule has 190 valence electrons. The molecule has 2 aliphatic rings. The van der Waals surface area contributed by atoms with Gasteiger partial charge in [0.25, 0.3) is 5.91 Å². The van der Waals surface area contributed by atoms with Crippen LogP contribution in [0.1, 0.15) is 70.3 Å². The van der Waals surface area contributed by atoms with Gasteiger partial charge in [-0.25, -0.2) is 0 Å². The van der Waals surface area contributed by atoms with Crippen molar-refractivity contribution in [3.8, 4) is 17.1 Å². The lowest BCUT2D eigenvalue weighted by Gasteiger charge is -2.23. The lowest BCUT2D eigenvalue weighted by atomic mass is 9.98. The van der Waals surface area contributed by atoms with E-state index in [9.17, 15) is 4.79 Å². The number of rotatable bonds is 9. The average molecular weight is 496 g/mol. The van der Waals surface area contributed by atoms with E-state index in [1.54, 1.807) is 0 Å². The predicted octanol–water partition coefficient (Wildman–Crippen LogP) is 5.83. The van der Waals surface area contributed by atoms with E-state index in [0.717, 1.165) is 72.1 Å². The van der Waals surface area contributed by atoms with Crippen LogP contribution in [-0.2, 0) is 11.3 Å². The number of amidine groups is 1. The number of H-pyrrole nitrogens is 1. The van der Waals surface area contributed by atoms with E-state index in [-0.39, 0.29) is 5.91 Å². The molecule has 1 saturated carbocycles. The SMILES string of the molecule is CCCCCCC1=NC2(CCCC2)C(=O)N1Cc1ccc2c(ccn2-c2ccccc2-c2nn[nH]n2)c1. The largest absolute Gasteiger partial charge is 0.316 e. The molecule has 1 fully saturated rings. The quantitative estimate of drug-likeness (QED) is 0.296. The van der Waals surface area contributed by atoms with Gasteiger partial charge in [-0.1, -0.05) is 57.2 Å². The highest BCUT2D eigenvalue weighted by Crippen LogP contribution is 2.40. The Balaban J connectivity index is 1.28. The summed E-state index contributed by atoms with van der Waals surface area (Å²) in [5.41, 5.74) is 3.62. The number of tetrazole rings is 1. The maximum atomic E-state index is 13.6. The Morgan fingerprint density at radius 1 is 1.03 bits per heavy atom. The number of nitrogens with one attached hydrogen (secondary N) is 1. The lowest BCUT2D eigenvalue weighted by molar-refractivity contribution is -0.131.